The van der Waals surface area contributed by atoms with Gasteiger partial charge in [-0.3, -0.25) is 4.79 Å². The fourth-order valence-corrected chi connectivity index (χ4v) is 3.63. The van der Waals surface area contributed by atoms with Crippen LogP contribution in [0.1, 0.15) is 55.6 Å². The van der Waals surface area contributed by atoms with Gasteiger partial charge < -0.3 is 15.0 Å². The molecule has 1 amide bonds. The SMILES string of the molecule is CCOc1ccc(C(=O)NC(C)c2ccc(N3CCCC(C)C3)cc2)cc1. The van der Waals surface area contributed by atoms with Crippen molar-refractivity contribution in [3.63, 3.8) is 0 Å². The Morgan fingerprint density at radius 1 is 1.19 bits per heavy atom. The van der Waals surface area contributed by atoms with Crippen molar-refractivity contribution in [3.05, 3.63) is 59.7 Å². The summed E-state index contributed by atoms with van der Waals surface area (Å²) in [5, 5.41) is 3.08. The third kappa shape index (κ3) is 5.03. The lowest BCUT2D eigenvalue weighted by molar-refractivity contribution is 0.0940. The number of carbonyl (C=O) groups excluding carboxylic acids is 1. The first-order chi connectivity index (χ1) is 13.1. The number of hydrogen-bond donors (Lipinski definition) is 1. The number of rotatable bonds is 6. The molecule has 0 bridgehead atoms. The van der Waals surface area contributed by atoms with Gasteiger partial charge in [-0.2, -0.15) is 0 Å². The van der Waals surface area contributed by atoms with Gasteiger partial charge in [-0.05, 0) is 74.6 Å². The van der Waals surface area contributed by atoms with Crippen molar-refractivity contribution in [2.24, 2.45) is 5.92 Å². The molecule has 1 saturated heterocycles. The molecule has 1 aliphatic rings. The van der Waals surface area contributed by atoms with E-state index in [1.54, 1.807) is 12.1 Å². The number of ether oxygens (including phenoxy) is 1. The van der Waals surface area contributed by atoms with Crippen molar-refractivity contribution in [2.45, 2.75) is 39.7 Å². The van der Waals surface area contributed by atoms with Gasteiger partial charge in [-0.25, -0.2) is 0 Å². The van der Waals surface area contributed by atoms with Crippen LogP contribution in [-0.4, -0.2) is 25.6 Å². The van der Waals surface area contributed by atoms with Gasteiger partial charge >= 0.3 is 0 Å². The summed E-state index contributed by atoms with van der Waals surface area (Å²) in [6, 6.07) is 15.8. The Balaban J connectivity index is 1.60. The number of benzene rings is 2. The van der Waals surface area contributed by atoms with Gasteiger partial charge in [0.05, 0.1) is 12.6 Å². The summed E-state index contributed by atoms with van der Waals surface area (Å²) in [4.78, 5) is 14.9. The van der Waals surface area contributed by atoms with Crippen LogP contribution in [-0.2, 0) is 0 Å². The number of carbonyl (C=O) groups is 1. The molecule has 0 aromatic heterocycles. The van der Waals surface area contributed by atoms with E-state index in [9.17, 15) is 4.79 Å². The Bertz CT molecular complexity index is 740. The maximum Gasteiger partial charge on any atom is 0.251 e. The van der Waals surface area contributed by atoms with Gasteiger partial charge in [0.1, 0.15) is 5.75 Å². The van der Waals surface area contributed by atoms with Gasteiger partial charge in [0.2, 0.25) is 0 Å². The van der Waals surface area contributed by atoms with Crippen molar-refractivity contribution in [1.29, 1.82) is 0 Å². The van der Waals surface area contributed by atoms with E-state index in [0.29, 0.717) is 12.2 Å². The number of anilines is 1. The summed E-state index contributed by atoms with van der Waals surface area (Å²) in [7, 11) is 0. The molecule has 4 nitrogen and oxygen atoms in total. The Morgan fingerprint density at radius 3 is 2.52 bits per heavy atom. The maximum absolute atomic E-state index is 12.5. The molecular weight excluding hydrogens is 336 g/mol. The van der Waals surface area contributed by atoms with Crippen LogP contribution in [0.25, 0.3) is 0 Å². The minimum atomic E-state index is -0.0699. The summed E-state index contributed by atoms with van der Waals surface area (Å²) in [5.74, 6) is 1.47. The fraction of sp³-hybridized carbons (Fsp3) is 0.435. The Kier molecular flexibility index (Phi) is 6.38. The highest BCUT2D eigenvalue weighted by atomic mass is 16.5. The fourth-order valence-electron chi connectivity index (χ4n) is 3.63. The number of amides is 1. The second-order valence-electron chi connectivity index (χ2n) is 7.44. The van der Waals surface area contributed by atoms with E-state index < -0.39 is 0 Å². The highest BCUT2D eigenvalue weighted by Crippen LogP contribution is 2.24. The third-order valence-electron chi connectivity index (χ3n) is 5.19. The summed E-state index contributed by atoms with van der Waals surface area (Å²) < 4.78 is 5.42. The average Bonchev–Trinajstić information content (AvgIpc) is 2.69. The molecule has 4 heteroatoms. The van der Waals surface area contributed by atoms with Crippen LogP contribution in [0.3, 0.4) is 0 Å². The molecule has 3 rings (SSSR count). The van der Waals surface area contributed by atoms with Gasteiger partial charge in [0.15, 0.2) is 0 Å². The van der Waals surface area contributed by atoms with Crippen molar-refractivity contribution in [1.82, 2.24) is 5.32 Å². The summed E-state index contributed by atoms with van der Waals surface area (Å²) in [5.41, 5.74) is 3.03. The van der Waals surface area contributed by atoms with Crippen LogP contribution < -0.4 is 15.0 Å². The first kappa shape index (κ1) is 19.3. The van der Waals surface area contributed by atoms with Crippen LogP contribution in [0.4, 0.5) is 5.69 Å². The zero-order chi connectivity index (χ0) is 19.2. The number of hydrogen-bond acceptors (Lipinski definition) is 3. The number of piperidine rings is 1. The molecule has 27 heavy (non-hydrogen) atoms. The van der Waals surface area contributed by atoms with E-state index in [1.807, 2.05) is 26.0 Å². The van der Waals surface area contributed by atoms with Crippen LogP contribution in [0.15, 0.2) is 48.5 Å². The lowest BCUT2D eigenvalue weighted by Crippen LogP contribution is -2.34. The largest absolute Gasteiger partial charge is 0.494 e. The van der Waals surface area contributed by atoms with E-state index in [4.69, 9.17) is 4.74 Å². The zero-order valence-corrected chi connectivity index (χ0v) is 16.6. The molecule has 2 atom stereocenters. The molecular formula is C23H30N2O2. The standard InChI is InChI=1S/C23H30N2O2/c1-4-27-22-13-9-20(10-14-22)23(26)24-18(3)19-7-11-21(12-8-19)25-15-5-6-17(2)16-25/h7-14,17-18H,4-6,15-16H2,1-3H3,(H,24,26). The molecule has 2 aromatic carbocycles. The summed E-state index contributed by atoms with van der Waals surface area (Å²) in [6.45, 7) is 9.16. The van der Waals surface area contributed by atoms with E-state index in [1.165, 1.54) is 18.5 Å². The van der Waals surface area contributed by atoms with E-state index in [-0.39, 0.29) is 11.9 Å². The highest BCUT2D eigenvalue weighted by molar-refractivity contribution is 5.94. The van der Waals surface area contributed by atoms with Crippen molar-refractivity contribution in [2.75, 3.05) is 24.6 Å². The normalized spacial score (nSPS) is 18.0. The Morgan fingerprint density at radius 2 is 1.89 bits per heavy atom. The van der Waals surface area contributed by atoms with Crippen molar-refractivity contribution < 1.29 is 9.53 Å². The third-order valence-corrected chi connectivity index (χ3v) is 5.19. The number of nitrogens with zero attached hydrogens (tertiary/aromatic N) is 1. The lowest BCUT2D eigenvalue weighted by Gasteiger charge is -2.33. The molecule has 0 radical (unpaired) electrons. The molecule has 1 heterocycles. The molecule has 144 valence electrons. The van der Waals surface area contributed by atoms with Gasteiger partial charge in [0, 0.05) is 24.3 Å². The highest BCUT2D eigenvalue weighted by Gasteiger charge is 2.17. The zero-order valence-electron chi connectivity index (χ0n) is 16.6. The average molecular weight is 367 g/mol. The smallest absolute Gasteiger partial charge is 0.251 e. The summed E-state index contributed by atoms with van der Waals surface area (Å²) >= 11 is 0. The molecule has 1 N–H and O–H groups in total. The molecule has 0 spiro atoms. The van der Waals surface area contributed by atoms with Crippen molar-refractivity contribution >= 4 is 11.6 Å². The Labute approximate surface area is 162 Å². The second kappa shape index (κ2) is 8.94. The molecule has 2 unspecified atom stereocenters. The quantitative estimate of drug-likeness (QED) is 0.797. The molecule has 0 aliphatic carbocycles. The minimum absolute atomic E-state index is 0.0432. The van der Waals surface area contributed by atoms with Crippen LogP contribution in [0.2, 0.25) is 0 Å². The van der Waals surface area contributed by atoms with Gasteiger partial charge in [-0.15, -0.1) is 0 Å². The maximum atomic E-state index is 12.5. The monoisotopic (exact) mass is 366 g/mol. The van der Waals surface area contributed by atoms with Crippen molar-refractivity contribution in [3.8, 4) is 5.75 Å². The van der Waals surface area contributed by atoms with Gasteiger partial charge in [-0.1, -0.05) is 19.1 Å². The number of nitrogens with one attached hydrogen (secondary N) is 1. The molecule has 0 saturated carbocycles. The second-order valence-corrected chi connectivity index (χ2v) is 7.44. The van der Waals surface area contributed by atoms with E-state index >= 15 is 0 Å². The molecule has 2 aromatic rings. The molecule has 1 aliphatic heterocycles. The topological polar surface area (TPSA) is 41.6 Å². The van der Waals surface area contributed by atoms with Gasteiger partial charge in [0.25, 0.3) is 5.91 Å². The Hall–Kier alpha value is -2.49. The minimum Gasteiger partial charge on any atom is -0.494 e. The van der Waals surface area contributed by atoms with Crippen LogP contribution in [0.5, 0.6) is 5.75 Å². The van der Waals surface area contributed by atoms with E-state index in [0.717, 1.165) is 30.3 Å². The van der Waals surface area contributed by atoms with Crippen LogP contribution >= 0.6 is 0 Å². The first-order valence-electron chi connectivity index (χ1n) is 9.95. The van der Waals surface area contributed by atoms with E-state index in [2.05, 4.69) is 41.4 Å². The predicted octanol–water partition coefficient (Wildman–Crippen LogP) is 4.81. The predicted molar refractivity (Wildman–Crippen MR) is 111 cm³/mol. The molecule has 1 fully saturated rings. The first-order valence-corrected chi connectivity index (χ1v) is 9.95. The van der Waals surface area contributed by atoms with Crippen LogP contribution in [0, 0.1) is 5.92 Å². The lowest BCUT2D eigenvalue weighted by atomic mass is 9.99. The summed E-state index contributed by atoms with van der Waals surface area (Å²) in [6.07, 6.45) is 2.58.